The number of rotatable bonds is 1. The molecule has 1 heterocycles. The van der Waals surface area contributed by atoms with Crippen LogP contribution in [0.2, 0.25) is 0 Å². The fourth-order valence-corrected chi connectivity index (χ4v) is 1.82. The number of carbonyl (C=O) groups excluding carboxylic acids is 1. The standard InChI is InChI=1S/C6H7ClO2/c7-3-6-1-4(6)2-9-5(6)8/h4H,1-3H2. The second-order valence-corrected chi connectivity index (χ2v) is 3.06. The first kappa shape index (κ1) is 5.54. The minimum absolute atomic E-state index is 0.0810. The molecule has 2 nitrogen and oxygen atoms in total. The van der Waals surface area contributed by atoms with Crippen molar-refractivity contribution in [2.75, 3.05) is 12.5 Å². The molecule has 1 saturated heterocycles. The van der Waals surface area contributed by atoms with E-state index in [1.807, 2.05) is 0 Å². The molecule has 2 unspecified atom stereocenters. The Bertz CT molecular complexity index is 164. The second-order valence-electron chi connectivity index (χ2n) is 2.79. The molecule has 9 heavy (non-hydrogen) atoms. The van der Waals surface area contributed by atoms with E-state index in [0.29, 0.717) is 18.4 Å². The van der Waals surface area contributed by atoms with Crippen LogP contribution in [0.1, 0.15) is 6.42 Å². The van der Waals surface area contributed by atoms with Gasteiger partial charge in [-0.3, -0.25) is 4.79 Å². The minimum Gasteiger partial charge on any atom is -0.465 e. The van der Waals surface area contributed by atoms with Crippen LogP contribution >= 0.6 is 11.6 Å². The SMILES string of the molecule is O=C1OCC2CC12CCl. The summed E-state index contributed by atoms with van der Waals surface area (Å²) in [6, 6.07) is 0. The summed E-state index contributed by atoms with van der Waals surface area (Å²) in [6.45, 7) is 0.603. The summed E-state index contributed by atoms with van der Waals surface area (Å²) in [5.41, 5.74) is -0.235. The molecular formula is C6H7ClO2. The molecule has 0 aromatic rings. The van der Waals surface area contributed by atoms with Gasteiger partial charge in [0.05, 0.1) is 12.0 Å². The highest BCUT2D eigenvalue weighted by Crippen LogP contribution is 2.58. The molecule has 0 aromatic heterocycles. The van der Waals surface area contributed by atoms with Gasteiger partial charge >= 0.3 is 5.97 Å². The molecule has 1 saturated carbocycles. The van der Waals surface area contributed by atoms with Crippen molar-refractivity contribution in [3.63, 3.8) is 0 Å². The van der Waals surface area contributed by atoms with Gasteiger partial charge in [-0.05, 0) is 6.42 Å². The maximum atomic E-state index is 10.9. The third kappa shape index (κ3) is 0.497. The predicted molar refractivity (Wildman–Crippen MR) is 32.2 cm³/mol. The summed E-state index contributed by atoms with van der Waals surface area (Å²) >= 11 is 5.58. The Balaban J connectivity index is 2.23. The van der Waals surface area contributed by atoms with Crippen molar-refractivity contribution in [2.24, 2.45) is 11.3 Å². The lowest BCUT2D eigenvalue weighted by Crippen LogP contribution is -2.14. The van der Waals surface area contributed by atoms with Crippen LogP contribution < -0.4 is 0 Å². The quantitative estimate of drug-likeness (QED) is 0.404. The van der Waals surface area contributed by atoms with Crippen molar-refractivity contribution in [3.8, 4) is 0 Å². The molecule has 0 aromatic carbocycles. The molecule has 1 aliphatic carbocycles. The number of cyclic esters (lactones) is 1. The summed E-state index contributed by atoms with van der Waals surface area (Å²) in [4.78, 5) is 10.9. The molecule has 50 valence electrons. The van der Waals surface area contributed by atoms with Gasteiger partial charge in [0.25, 0.3) is 0 Å². The first-order chi connectivity index (χ1) is 4.29. The van der Waals surface area contributed by atoms with E-state index in [2.05, 4.69) is 0 Å². The van der Waals surface area contributed by atoms with E-state index >= 15 is 0 Å². The highest BCUT2D eigenvalue weighted by Gasteiger charge is 2.65. The molecule has 1 aliphatic heterocycles. The van der Waals surface area contributed by atoms with Gasteiger partial charge in [0.2, 0.25) is 0 Å². The molecule has 2 fully saturated rings. The molecule has 0 N–H and O–H groups in total. The maximum Gasteiger partial charge on any atom is 0.313 e. The fourth-order valence-electron chi connectivity index (χ4n) is 1.39. The smallest absolute Gasteiger partial charge is 0.313 e. The minimum atomic E-state index is -0.235. The Morgan fingerprint density at radius 3 is 2.89 bits per heavy atom. The summed E-state index contributed by atoms with van der Waals surface area (Å²) in [7, 11) is 0. The summed E-state index contributed by atoms with van der Waals surface area (Å²) in [6.07, 6.45) is 0.954. The van der Waals surface area contributed by atoms with E-state index in [0.717, 1.165) is 6.42 Å². The van der Waals surface area contributed by atoms with Crippen molar-refractivity contribution < 1.29 is 9.53 Å². The third-order valence-corrected chi connectivity index (χ3v) is 2.77. The molecule has 0 bridgehead atoms. The van der Waals surface area contributed by atoms with Crippen LogP contribution in [0.5, 0.6) is 0 Å². The Morgan fingerprint density at radius 2 is 2.67 bits per heavy atom. The molecule has 2 aliphatic rings. The van der Waals surface area contributed by atoms with E-state index in [4.69, 9.17) is 16.3 Å². The van der Waals surface area contributed by atoms with Crippen LogP contribution in [0.25, 0.3) is 0 Å². The number of alkyl halides is 1. The summed E-state index contributed by atoms with van der Waals surface area (Å²) < 4.78 is 4.79. The maximum absolute atomic E-state index is 10.9. The van der Waals surface area contributed by atoms with Crippen molar-refractivity contribution in [2.45, 2.75) is 6.42 Å². The number of ether oxygens (including phenoxy) is 1. The van der Waals surface area contributed by atoms with Crippen LogP contribution in [-0.2, 0) is 9.53 Å². The molecule has 2 atom stereocenters. The Kier molecular flexibility index (Phi) is 0.878. The first-order valence-electron chi connectivity index (χ1n) is 3.03. The first-order valence-corrected chi connectivity index (χ1v) is 3.56. The lowest BCUT2D eigenvalue weighted by Gasteiger charge is -2.00. The Hall–Kier alpha value is -0.240. The van der Waals surface area contributed by atoms with Crippen molar-refractivity contribution >= 4 is 17.6 Å². The van der Waals surface area contributed by atoms with Crippen LogP contribution in [0.15, 0.2) is 0 Å². The van der Waals surface area contributed by atoms with Gasteiger partial charge < -0.3 is 4.74 Å². The van der Waals surface area contributed by atoms with Crippen molar-refractivity contribution in [1.29, 1.82) is 0 Å². The fraction of sp³-hybridized carbons (Fsp3) is 0.833. The number of esters is 1. The van der Waals surface area contributed by atoms with Crippen LogP contribution in [0.4, 0.5) is 0 Å². The van der Waals surface area contributed by atoms with Crippen LogP contribution in [-0.4, -0.2) is 18.5 Å². The van der Waals surface area contributed by atoms with Gasteiger partial charge in [-0.15, -0.1) is 11.6 Å². The Labute approximate surface area is 58.1 Å². The average Bonchev–Trinajstić information content (AvgIpc) is 2.52. The zero-order valence-electron chi connectivity index (χ0n) is 4.89. The van der Waals surface area contributed by atoms with Crippen molar-refractivity contribution in [1.82, 2.24) is 0 Å². The number of carbonyl (C=O) groups is 1. The topological polar surface area (TPSA) is 26.3 Å². The number of fused-ring (bicyclic) bond motifs is 1. The summed E-state index contributed by atoms with van der Waals surface area (Å²) in [5.74, 6) is 0.807. The Morgan fingerprint density at radius 1 is 1.89 bits per heavy atom. The van der Waals surface area contributed by atoms with Crippen LogP contribution in [0, 0.1) is 11.3 Å². The highest BCUT2D eigenvalue weighted by molar-refractivity contribution is 6.20. The normalized spacial score (nSPS) is 46.3. The third-order valence-electron chi connectivity index (χ3n) is 2.29. The number of hydrogen-bond donors (Lipinski definition) is 0. The second kappa shape index (κ2) is 1.43. The highest BCUT2D eigenvalue weighted by atomic mass is 35.5. The molecule has 0 spiro atoms. The van der Waals surface area contributed by atoms with Crippen LogP contribution in [0.3, 0.4) is 0 Å². The van der Waals surface area contributed by atoms with E-state index in [-0.39, 0.29) is 11.4 Å². The van der Waals surface area contributed by atoms with E-state index in [1.165, 1.54) is 0 Å². The van der Waals surface area contributed by atoms with Gasteiger partial charge in [-0.2, -0.15) is 0 Å². The zero-order valence-corrected chi connectivity index (χ0v) is 5.65. The average molecular weight is 147 g/mol. The largest absolute Gasteiger partial charge is 0.465 e. The van der Waals surface area contributed by atoms with Gasteiger partial charge in [-0.1, -0.05) is 0 Å². The van der Waals surface area contributed by atoms with Gasteiger partial charge in [0.1, 0.15) is 0 Å². The summed E-state index contributed by atoms with van der Waals surface area (Å²) in [5, 5.41) is 0. The predicted octanol–water partition coefficient (Wildman–Crippen LogP) is 0.788. The van der Waals surface area contributed by atoms with Gasteiger partial charge in [-0.25, -0.2) is 0 Å². The molecule has 0 radical (unpaired) electrons. The zero-order chi connectivity index (χ0) is 6.48. The van der Waals surface area contributed by atoms with Gasteiger partial charge in [0.15, 0.2) is 0 Å². The van der Waals surface area contributed by atoms with E-state index in [1.54, 1.807) is 0 Å². The van der Waals surface area contributed by atoms with E-state index in [9.17, 15) is 4.79 Å². The lowest BCUT2D eigenvalue weighted by molar-refractivity contribution is -0.144. The molecule has 0 amide bonds. The lowest BCUT2D eigenvalue weighted by atomic mass is 10.1. The van der Waals surface area contributed by atoms with Crippen molar-refractivity contribution in [3.05, 3.63) is 0 Å². The molecular weight excluding hydrogens is 140 g/mol. The number of halogens is 1. The molecule has 3 heteroatoms. The van der Waals surface area contributed by atoms with Gasteiger partial charge in [0, 0.05) is 11.8 Å². The monoisotopic (exact) mass is 146 g/mol. The van der Waals surface area contributed by atoms with E-state index < -0.39 is 0 Å². The number of hydrogen-bond acceptors (Lipinski definition) is 2. The molecule has 2 rings (SSSR count).